The monoisotopic (exact) mass is 415 g/mol. The molecule has 2 aromatic carbocycles. The molecule has 0 aliphatic carbocycles. The van der Waals surface area contributed by atoms with Gasteiger partial charge in [-0.25, -0.2) is 0 Å². The number of benzene rings is 2. The Kier molecular flexibility index (Phi) is 5.41. The fourth-order valence-corrected chi connectivity index (χ4v) is 5.19. The first-order valence-corrected chi connectivity index (χ1v) is 11.5. The second kappa shape index (κ2) is 8.49. The van der Waals surface area contributed by atoms with Gasteiger partial charge in [0.25, 0.3) is 0 Å². The van der Waals surface area contributed by atoms with E-state index in [1.165, 1.54) is 46.8 Å². The van der Waals surface area contributed by atoms with E-state index >= 15 is 0 Å². The summed E-state index contributed by atoms with van der Waals surface area (Å²) in [5.74, 6) is 1.81. The van der Waals surface area contributed by atoms with Crippen LogP contribution in [-0.2, 0) is 0 Å². The van der Waals surface area contributed by atoms with Crippen LogP contribution in [0.1, 0.15) is 32.6 Å². The van der Waals surface area contributed by atoms with Crippen LogP contribution in [0.25, 0.3) is 22.6 Å². The lowest BCUT2D eigenvalue weighted by Crippen LogP contribution is -2.22. The van der Waals surface area contributed by atoms with Crippen LogP contribution in [0.2, 0.25) is 0 Å². The highest BCUT2D eigenvalue weighted by Gasteiger charge is 2.24. The van der Waals surface area contributed by atoms with Gasteiger partial charge in [0.15, 0.2) is 0 Å². The van der Waals surface area contributed by atoms with Crippen molar-refractivity contribution in [2.45, 2.75) is 42.4 Å². The van der Waals surface area contributed by atoms with Gasteiger partial charge in [-0.15, -0.1) is 0 Å². The molecule has 1 aliphatic heterocycles. The van der Waals surface area contributed by atoms with Crippen LogP contribution in [0.4, 0.5) is 11.4 Å². The van der Waals surface area contributed by atoms with Crippen molar-refractivity contribution in [3.05, 3.63) is 73.2 Å². The van der Waals surface area contributed by atoms with E-state index < -0.39 is 0 Å². The van der Waals surface area contributed by atoms with Gasteiger partial charge in [-0.2, -0.15) is 0 Å². The van der Waals surface area contributed by atoms with Crippen molar-refractivity contribution >= 4 is 23.1 Å². The average molecular weight is 416 g/mol. The van der Waals surface area contributed by atoms with Crippen LogP contribution in [-0.4, -0.2) is 6.54 Å². The number of furan rings is 2. The van der Waals surface area contributed by atoms with Gasteiger partial charge in [-0.1, -0.05) is 37.9 Å². The van der Waals surface area contributed by atoms with Crippen molar-refractivity contribution in [2.24, 2.45) is 0 Å². The summed E-state index contributed by atoms with van der Waals surface area (Å²) in [5.41, 5.74) is 4.79. The number of anilines is 2. The maximum absolute atomic E-state index is 5.63. The molecule has 0 fully saturated rings. The normalized spacial score (nSPS) is 12.6. The minimum Gasteiger partial charge on any atom is -0.464 e. The second-order valence-corrected chi connectivity index (χ2v) is 8.72. The number of rotatable bonds is 7. The Labute approximate surface area is 181 Å². The molecule has 0 unspecified atom stereocenters. The molecule has 1 aliphatic rings. The molecule has 0 radical (unpaired) electrons. The molecule has 0 atom stereocenters. The zero-order valence-corrected chi connectivity index (χ0v) is 18.0. The van der Waals surface area contributed by atoms with Gasteiger partial charge in [-0.3, -0.25) is 0 Å². The standard InChI is InChI=1S/C26H25NO2S/c1-2-3-4-5-14-27-21-12-10-19(23-8-6-15-28-23)17-25(21)30-26-18-20(11-13-22(26)27)24-9-7-16-29-24/h6-13,15-18H,2-5,14H2,1H3. The Bertz CT molecular complexity index is 1030. The first-order chi connectivity index (χ1) is 14.8. The van der Waals surface area contributed by atoms with Crippen LogP contribution in [0.15, 0.2) is 91.8 Å². The van der Waals surface area contributed by atoms with E-state index in [4.69, 9.17) is 8.83 Å². The summed E-state index contributed by atoms with van der Waals surface area (Å²) >= 11 is 1.83. The van der Waals surface area contributed by atoms with Crippen LogP contribution in [0, 0.1) is 0 Å². The maximum Gasteiger partial charge on any atom is 0.133 e. The molecule has 0 bridgehead atoms. The highest BCUT2D eigenvalue weighted by molar-refractivity contribution is 7.99. The smallest absolute Gasteiger partial charge is 0.133 e. The number of hydrogen-bond donors (Lipinski definition) is 0. The summed E-state index contributed by atoms with van der Waals surface area (Å²) in [6.07, 6.45) is 8.45. The van der Waals surface area contributed by atoms with E-state index in [2.05, 4.69) is 48.2 Å². The van der Waals surface area contributed by atoms with Crippen molar-refractivity contribution in [1.29, 1.82) is 0 Å². The summed E-state index contributed by atoms with van der Waals surface area (Å²) in [6.45, 7) is 3.29. The molecule has 152 valence electrons. The fraction of sp³-hybridized carbons (Fsp3) is 0.231. The van der Waals surface area contributed by atoms with Gasteiger partial charge in [0.1, 0.15) is 11.5 Å². The molecule has 30 heavy (non-hydrogen) atoms. The number of hydrogen-bond acceptors (Lipinski definition) is 4. The van der Waals surface area contributed by atoms with Crippen LogP contribution in [0.3, 0.4) is 0 Å². The van der Waals surface area contributed by atoms with Crippen LogP contribution < -0.4 is 4.90 Å². The Morgan fingerprint density at radius 3 is 1.83 bits per heavy atom. The first kappa shape index (κ1) is 19.1. The van der Waals surface area contributed by atoms with Crippen molar-refractivity contribution in [3.63, 3.8) is 0 Å². The zero-order valence-electron chi connectivity index (χ0n) is 17.1. The molecule has 3 nitrogen and oxygen atoms in total. The predicted octanol–water partition coefficient (Wildman–Crippen LogP) is 8.39. The molecular weight excluding hydrogens is 390 g/mol. The third-order valence-electron chi connectivity index (χ3n) is 5.57. The molecule has 2 aromatic heterocycles. The average Bonchev–Trinajstić information content (AvgIpc) is 3.50. The van der Waals surface area contributed by atoms with Crippen molar-refractivity contribution < 1.29 is 8.83 Å². The highest BCUT2D eigenvalue weighted by Crippen LogP contribution is 2.50. The van der Waals surface area contributed by atoms with E-state index in [1.807, 2.05) is 36.0 Å². The molecule has 0 saturated heterocycles. The van der Waals surface area contributed by atoms with Crippen molar-refractivity contribution in [3.8, 4) is 22.6 Å². The first-order valence-electron chi connectivity index (χ1n) is 10.6. The molecule has 0 saturated carbocycles. The van der Waals surface area contributed by atoms with Gasteiger partial charge >= 0.3 is 0 Å². The summed E-state index contributed by atoms with van der Waals surface area (Å²) in [7, 11) is 0. The minimum atomic E-state index is 0.906. The van der Waals surface area contributed by atoms with Gasteiger partial charge in [-0.05, 0) is 67.1 Å². The van der Waals surface area contributed by atoms with Gasteiger partial charge in [0.05, 0.1) is 23.9 Å². The Morgan fingerprint density at radius 1 is 0.733 bits per heavy atom. The maximum atomic E-state index is 5.63. The second-order valence-electron chi connectivity index (χ2n) is 7.63. The quantitative estimate of drug-likeness (QED) is 0.283. The van der Waals surface area contributed by atoms with Crippen LogP contribution >= 0.6 is 11.8 Å². The van der Waals surface area contributed by atoms with E-state index in [9.17, 15) is 0 Å². The van der Waals surface area contributed by atoms with E-state index in [-0.39, 0.29) is 0 Å². The lowest BCUT2D eigenvalue weighted by atomic mass is 10.1. The SMILES string of the molecule is CCCCCCN1c2ccc(-c3ccco3)cc2Sc2cc(-c3ccco3)ccc21. The van der Waals surface area contributed by atoms with Crippen LogP contribution in [0.5, 0.6) is 0 Å². The van der Waals surface area contributed by atoms with Gasteiger partial charge in [0, 0.05) is 27.5 Å². The third-order valence-corrected chi connectivity index (χ3v) is 6.66. The van der Waals surface area contributed by atoms with E-state index in [1.54, 1.807) is 12.5 Å². The highest BCUT2D eigenvalue weighted by atomic mass is 32.2. The summed E-state index contributed by atoms with van der Waals surface area (Å²) < 4.78 is 11.3. The molecule has 0 N–H and O–H groups in total. The minimum absolute atomic E-state index is 0.906. The Morgan fingerprint density at radius 2 is 1.33 bits per heavy atom. The summed E-state index contributed by atoms with van der Waals surface area (Å²) in [4.78, 5) is 5.02. The Hall–Kier alpha value is -2.85. The van der Waals surface area contributed by atoms with Crippen molar-refractivity contribution in [2.75, 3.05) is 11.4 Å². The summed E-state index contributed by atoms with van der Waals surface area (Å²) in [5, 5.41) is 0. The van der Waals surface area contributed by atoms with Crippen molar-refractivity contribution in [1.82, 2.24) is 0 Å². The fourth-order valence-electron chi connectivity index (χ4n) is 4.02. The largest absolute Gasteiger partial charge is 0.464 e. The summed E-state index contributed by atoms with van der Waals surface area (Å²) in [6, 6.07) is 21.2. The third kappa shape index (κ3) is 3.68. The van der Waals surface area contributed by atoms with E-state index in [0.29, 0.717) is 0 Å². The lowest BCUT2D eigenvalue weighted by Gasteiger charge is -2.33. The molecule has 4 aromatic rings. The topological polar surface area (TPSA) is 29.5 Å². The number of fused-ring (bicyclic) bond motifs is 2. The number of nitrogens with zero attached hydrogens (tertiary/aromatic N) is 1. The Balaban J connectivity index is 1.53. The zero-order chi connectivity index (χ0) is 20.3. The molecule has 0 spiro atoms. The molecule has 0 amide bonds. The van der Waals surface area contributed by atoms with E-state index in [0.717, 1.165) is 29.2 Å². The van der Waals surface area contributed by atoms with Gasteiger partial charge in [0.2, 0.25) is 0 Å². The molecule has 3 heterocycles. The lowest BCUT2D eigenvalue weighted by molar-refractivity contribution is 0.582. The molecular formula is C26H25NO2S. The molecule has 5 rings (SSSR count). The molecule has 4 heteroatoms. The number of unbranched alkanes of at least 4 members (excludes halogenated alkanes) is 3. The predicted molar refractivity (Wildman–Crippen MR) is 124 cm³/mol. The van der Waals surface area contributed by atoms with Gasteiger partial charge < -0.3 is 13.7 Å².